The first-order chi connectivity index (χ1) is 6.89. The number of hydrogen-bond acceptors (Lipinski definition) is 3. The Morgan fingerprint density at radius 1 is 0.933 bits per heavy atom. The van der Waals surface area contributed by atoms with Gasteiger partial charge in [-0.1, -0.05) is 0 Å². The molecule has 0 fully saturated rings. The number of halogens is 1. The first kappa shape index (κ1) is 16.6. The average molecular weight is 462 g/mol. The van der Waals surface area contributed by atoms with Crippen molar-refractivity contribution >= 4 is 41.7 Å². The van der Waals surface area contributed by atoms with Crippen molar-refractivity contribution < 1.29 is 13.3 Å². The molecule has 3 nitrogen and oxygen atoms in total. The normalized spacial score (nSPS) is 14.3. The van der Waals surface area contributed by atoms with E-state index < -0.39 is 23.0 Å². The summed E-state index contributed by atoms with van der Waals surface area (Å²) in [6.07, 6.45) is 0. The Bertz CT molecular complexity index is 158. The van der Waals surface area contributed by atoms with E-state index >= 15 is 0 Å². The third kappa shape index (κ3) is 7.52. The van der Waals surface area contributed by atoms with Crippen LogP contribution in [0.5, 0.6) is 0 Å². The van der Waals surface area contributed by atoms with Crippen LogP contribution in [0, 0.1) is 0 Å². The fourth-order valence-electron chi connectivity index (χ4n) is 1.33. The fourth-order valence-corrected chi connectivity index (χ4v) is 21.0. The van der Waals surface area contributed by atoms with E-state index in [1.54, 1.807) is 0 Å². The van der Waals surface area contributed by atoms with E-state index in [0.717, 1.165) is 4.09 Å². The molecule has 0 bridgehead atoms. The first-order valence-corrected chi connectivity index (χ1v) is 20.2. The zero-order valence-electron chi connectivity index (χ0n) is 10.3. The standard InChI is InChI=1S/C9H23IO3SiTe/c1-6-11-14(12-7-2,13-8-3)9-15(4,5)10/h6-9H2,1-5H3. The summed E-state index contributed by atoms with van der Waals surface area (Å²) in [5, 5.41) is 0. The molecule has 0 aromatic rings. The van der Waals surface area contributed by atoms with Crippen molar-refractivity contribution in [1.82, 2.24) is 0 Å². The molecule has 0 amide bonds. The Kier molecular flexibility index (Phi) is 8.70. The molecule has 0 N–H and O–H groups in total. The molecule has 0 saturated carbocycles. The van der Waals surface area contributed by atoms with Crippen LogP contribution >= 0.6 is 18.7 Å². The van der Waals surface area contributed by atoms with Gasteiger partial charge in [0, 0.05) is 0 Å². The van der Waals surface area contributed by atoms with Crippen LogP contribution < -0.4 is 0 Å². The van der Waals surface area contributed by atoms with Crippen LogP contribution in [-0.2, 0) is 13.3 Å². The van der Waals surface area contributed by atoms with Gasteiger partial charge in [0.15, 0.2) is 0 Å². The average Bonchev–Trinajstić information content (AvgIpc) is 2.01. The molecule has 0 rings (SSSR count). The second kappa shape index (κ2) is 7.85. The third-order valence-electron chi connectivity index (χ3n) is 1.61. The summed E-state index contributed by atoms with van der Waals surface area (Å²) in [5.74, 6) is 0. The summed E-state index contributed by atoms with van der Waals surface area (Å²) in [7, 11) is -2.35. The van der Waals surface area contributed by atoms with E-state index in [2.05, 4.69) is 28.6 Å². The molecule has 0 atom stereocenters. The molecule has 6 heteroatoms. The minimum atomic E-state index is -2.35. The molecule has 94 valence electrons. The molecule has 0 spiro atoms. The molecular weight excluding hydrogens is 439 g/mol. The summed E-state index contributed by atoms with van der Waals surface area (Å²) in [6, 6.07) is 0. The molecule has 0 radical (unpaired) electrons. The van der Waals surface area contributed by atoms with E-state index in [1.807, 2.05) is 20.8 Å². The van der Waals surface area contributed by atoms with Gasteiger partial charge in [0.1, 0.15) is 0 Å². The Balaban J connectivity index is 4.60. The van der Waals surface area contributed by atoms with Crippen molar-refractivity contribution in [2.24, 2.45) is 0 Å². The van der Waals surface area contributed by atoms with Crippen molar-refractivity contribution in [2.45, 2.75) is 34.8 Å². The maximum absolute atomic E-state index is 5.82. The second-order valence-corrected chi connectivity index (χ2v) is 32.5. The van der Waals surface area contributed by atoms with Crippen LogP contribution in [0.2, 0.25) is 14.0 Å². The van der Waals surface area contributed by atoms with Gasteiger partial charge < -0.3 is 0 Å². The van der Waals surface area contributed by atoms with Gasteiger partial charge in [0.2, 0.25) is 0 Å². The molecular formula is C9H23IO3SiTe. The third-order valence-corrected chi connectivity index (χ3v) is 20.0. The van der Waals surface area contributed by atoms with Crippen LogP contribution in [0.4, 0.5) is 0 Å². The fraction of sp³-hybridized carbons (Fsp3) is 1.00. The molecule has 0 aromatic heterocycles. The van der Waals surface area contributed by atoms with E-state index in [0.29, 0.717) is 19.8 Å². The minimum absolute atomic E-state index is 0.682. The molecule has 0 saturated heterocycles. The van der Waals surface area contributed by atoms with Gasteiger partial charge in [-0.25, -0.2) is 0 Å². The van der Waals surface area contributed by atoms with Gasteiger partial charge in [-0.15, -0.1) is 0 Å². The van der Waals surface area contributed by atoms with Gasteiger partial charge in [0.25, 0.3) is 0 Å². The van der Waals surface area contributed by atoms with Gasteiger partial charge in [0.05, 0.1) is 0 Å². The quantitative estimate of drug-likeness (QED) is 0.410. The van der Waals surface area contributed by atoms with Crippen molar-refractivity contribution in [1.29, 1.82) is 0 Å². The van der Waals surface area contributed by atoms with Crippen LogP contribution in [-0.4, -0.2) is 42.9 Å². The molecule has 0 aliphatic heterocycles. The van der Waals surface area contributed by atoms with Crippen LogP contribution in [0.3, 0.4) is 0 Å². The van der Waals surface area contributed by atoms with Gasteiger partial charge in [-0.2, -0.15) is 0 Å². The zero-order chi connectivity index (χ0) is 11.9. The van der Waals surface area contributed by atoms with E-state index in [-0.39, 0.29) is 0 Å². The second-order valence-electron chi connectivity index (χ2n) is 3.53. The Hall–Kier alpha value is 1.62. The molecule has 0 heterocycles. The summed E-state index contributed by atoms with van der Waals surface area (Å²) in [4.78, 5) is 4.73. The van der Waals surface area contributed by atoms with Crippen molar-refractivity contribution in [3.63, 3.8) is 0 Å². The van der Waals surface area contributed by atoms with E-state index in [9.17, 15) is 0 Å². The van der Waals surface area contributed by atoms with E-state index in [4.69, 9.17) is 13.3 Å². The summed E-state index contributed by atoms with van der Waals surface area (Å²) in [5.41, 5.74) is 0. The molecule has 0 aromatic carbocycles. The molecule has 0 aliphatic carbocycles. The van der Waals surface area contributed by atoms with Crippen molar-refractivity contribution in [3.8, 4) is 0 Å². The van der Waals surface area contributed by atoms with E-state index in [1.165, 1.54) is 0 Å². The van der Waals surface area contributed by atoms with Crippen LogP contribution in [0.1, 0.15) is 20.8 Å². The summed E-state index contributed by atoms with van der Waals surface area (Å²) < 4.78 is 18.5. The first-order valence-electron chi connectivity index (χ1n) is 5.21. The zero-order valence-corrected chi connectivity index (χ0v) is 15.8. The SMILES string of the molecule is CCO[Si](C[Te](C)(C)I)(OCC)OCC. The van der Waals surface area contributed by atoms with Gasteiger partial charge in [-0.3, -0.25) is 0 Å². The number of rotatable bonds is 8. The predicted molar refractivity (Wildman–Crippen MR) is 76.9 cm³/mol. The number of hydrogen-bond donors (Lipinski definition) is 0. The Labute approximate surface area is 109 Å². The topological polar surface area (TPSA) is 27.7 Å². The summed E-state index contributed by atoms with van der Waals surface area (Å²) >= 11 is 0.846. The predicted octanol–water partition coefficient (Wildman–Crippen LogP) is 3.21. The molecule has 15 heavy (non-hydrogen) atoms. The van der Waals surface area contributed by atoms with Crippen molar-refractivity contribution in [2.75, 3.05) is 19.8 Å². The summed E-state index contributed by atoms with van der Waals surface area (Å²) in [6.45, 7) is 8.07. The Morgan fingerprint density at radius 3 is 1.47 bits per heavy atom. The van der Waals surface area contributed by atoms with Crippen LogP contribution in [0.25, 0.3) is 0 Å². The molecule has 0 aliphatic rings. The van der Waals surface area contributed by atoms with Gasteiger partial charge in [-0.05, 0) is 0 Å². The molecule has 0 unspecified atom stereocenters. The van der Waals surface area contributed by atoms with Crippen LogP contribution in [0.15, 0.2) is 0 Å². The Morgan fingerprint density at radius 2 is 1.27 bits per heavy atom. The maximum atomic E-state index is 5.82. The monoisotopic (exact) mass is 464 g/mol. The van der Waals surface area contributed by atoms with Crippen molar-refractivity contribution in [3.05, 3.63) is 0 Å². The van der Waals surface area contributed by atoms with Gasteiger partial charge >= 0.3 is 110 Å².